The van der Waals surface area contributed by atoms with E-state index < -0.39 is 0 Å². The molecule has 5 nitrogen and oxygen atoms in total. The Labute approximate surface area is 150 Å². The number of nitrogens with zero attached hydrogens (tertiary/aromatic N) is 1. The Morgan fingerprint density at radius 3 is 2.35 bits per heavy atom. The highest BCUT2D eigenvalue weighted by Crippen LogP contribution is 2.31. The van der Waals surface area contributed by atoms with Gasteiger partial charge in [-0.05, 0) is 46.3 Å². The molecule has 2 aromatic rings. The van der Waals surface area contributed by atoms with Crippen molar-refractivity contribution in [2.24, 2.45) is 5.10 Å². The molecule has 0 fully saturated rings. The Morgan fingerprint density at radius 2 is 1.74 bits per heavy atom. The van der Waals surface area contributed by atoms with Crippen LogP contribution in [0.1, 0.15) is 15.9 Å². The van der Waals surface area contributed by atoms with Crippen LogP contribution in [0.2, 0.25) is 0 Å². The second-order valence-electron chi connectivity index (χ2n) is 4.43. The Morgan fingerprint density at radius 1 is 1.09 bits per heavy atom. The SMILES string of the molecule is COc1cc(OC)c(/C=N\NC(=O)c2ccc(Br)cc2)cc1Br. The number of halogens is 2. The van der Waals surface area contributed by atoms with Crippen LogP contribution >= 0.6 is 31.9 Å². The molecule has 2 aromatic carbocycles. The summed E-state index contributed by atoms with van der Waals surface area (Å²) >= 11 is 6.72. The van der Waals surface area contributed by atoms with E-state index in [1.54, 1.807) is 50.6 Å². The molecule has 0 radical (unpaired) electrons. The van der Waals surface area contributed by atoms with Gasteiger partial charge in [0.2, 0.25) is 0 Å². The van der Waals surface area contributed by atoms with Crippen LogP contribution in [-0.2, 0) is 0 Å². The zero-order valence-corrected chi connectivity index (χ0v) is 15.6. The van der Waals surface area contributed by atoms with Gasteiger partial charge in [-0.3, -0.25) is 4.79 Å². The fraction of sp³-hybridized carbons (Fsp3) is 0.125. The molecule has 0 spiro atoms. The first-order chi connectivity index (χ1) is 11.0. The van der Waals surface area contributed by atoms with Gasteiger partial charge in [-0.15, -0.1) is 0 Å². The number of carbonyl (C=O) groups is 1. The average Bonchev–Trinajstić information content (AvgIpc) is 2.55. The molecule has 0 aliphatic carbocycles. The molecule has 0 aliphatic heterocycles. The van der Waals surface area contributed by atoms with Gasteiger partial charge in [0.15, 0.2) is 0 Å². The monoisotopic (exact) mass is 440 g/mol. The highest BCUT2D eigenvalue weighted by atomic mass is 79.9. The third-order valence-corrected chi connectivity index (χ3v) is 4.13. The standard InChI is InChI=1S/C16H14Br2N2O3/c1-22-14-8-15(23-2)13(18)7-11(14)9-19-20-16(21)10-3-5-12(17)6-4-10/h3-9H,1-2H3,(H,20,21)/b19-9-. The van der Waals surface area contributed by atoms with E-state index in [0.717, 1.165) is 8.95 Å². The average molecular weight is 442 g/mol. The summed E-state index contributed by atoms with van der Waals surface area (Å²) < 4.78 is 12.2. The molecule has 0 unspecified atom stereocenters. The number of hydrogen-bond acceptors (Lipinski definition) is 4. The Hall–Kier alpha value is -1.86. The number of ether oxygens (including phenoxy) is 2. The van der Waals surface area contributed by atoms with Crippen molar-refractivity contribution in [3.05, 3.63) is 56.5 Å². The number of methoxy groups -OCH3 is 2. The number of amides is 1. The summed E-state index contributed by atoms with van der Waals surface area (Å²) in [6.45, 7) is 0. The van der Waals surface area contributed by atoms with Gasteiger partial charge in [-0.25, -0.2) is 5.43 Å². The first kappa shape index (κ1) is 17.5. The summed E-state index contributed by atoms with van der Waals surface area (Å²) in [7, 11) is 3.13. The predicted molar refractivity (Wildman–Crippen MR) is 96.4 cm³/mol. The minimum absolute atomic E-state index is 0.291. The summed E-state index contributed by atoms with van der Waals surface area (Å²) in [5.41, 5.74) is 3.71. The van der Waals surface area contributed by atoms with Crippen LogP contribution in [0.25, 0.3) is 0 Å². The smallest absolute Gasteiger partial charge is 0.271 e. The second-order valence-corrected chi connectivity index (χ2v) is 6.20. The molecule has 120 valence electrons. The van der Waals surface area contributed by atoms with E-state index in [1.807, 2.05) is 0 Å². The molecule has 0 aromatic heterocycles. The maximum Gasteiger partial charge on any atom is 0.271 e. The van der Waals surface area contributed by atoms with Gasteiger partial charge in [-0.2, -0.15) is 5.10 Å². The number of hydrogen-bond donors (Lipinski definition) is 1. The van der Waals surface area contributed by atoms with Crippen LogP contribution < -0.4 is 14.9 Å². The lowest BCUT2D eigenvalue weighted by molar-refractivity contribution is 0.0955. The first-order valence-corrected chi connectivity index (χ1v) is 8.14. The molecular formula is C16H14Br2N2O3. The minimum Gasteiger partial charge on any atom is -0.496 e. The lowest BCUT2D eigenvalue weighted by Gasteiger charge is -2.09. The molecular weight excluding hydrogens is 428 g/mol. The quantitative estimate of drug-likeness (QED) is 0.563. The van der Waals surface area contributed by atoms with Crippen molar-refractivity contribution < 1.29 is 14.3 Å². The van der Waals surface area contributed by atoms with E-state index in [9.17, 15) is 4.79 Å². The highest BCUT2D eigenvalue weighted by Gasteiger charge is 2.08. The van der Waals surface area contributed by atoms with Crippen LogP contribution in [0.4, 0.5) is 0 Å². The normalized spacial score (nSPS) is 10.6. The fourth-order valence-corrected chi connectivity index (χ4v) is 2.60. The van der Waals surface area contributed by atoms with Crippen molar-refractivity contribution in [2.45, 2.75) is 0 Å². The van der Waals surface area contributed by atoms with Crippen LogP contribution in [0, 0.1) is 0 Å². The van der Waals surface area contributed by atoms with Gasteiger partial charge in [0.1, 0.15) is 11.5 Å². The van der Waals surface area contributed by atoms with E-state index in [2.05, 4.69) is 42.4 Å². The molecule has 23 heavy (non-hydrogen) atoms. The zero-order chi connectivity index (χ0) is 16.8. The molecule has 0 saturated heterocycles. The molecule has 2 rings (SSSR count). The molecule has 1 amide bonds. The van der Waals surface area contributed by atoms with Crippen molar-refractivity contribution >= 4 is 44.0 Å². The third-order valence-electron chi connectivity index (χ3n) is 2.98. The molecule has 0 heterocycles. The largest absolute Gasteiger partial charge is 0.496 e. The van der Waals surface area contributed by atoms with Crippen molar-refractivity contribution in [1.29, 1.82) is 0 Å². The van der Waals surface area contributed by atoms with Gasteiger partial charge >= 0.3 is 0 Å². The summed E-state index contributed by atoms with van der Waals surface area (Å²) in [5, 5.41) is 3.97. The number of benzene rings is 2. The Balaban J connectivity index is 2.12. The van der Waals surface area contributed by atoms with Crippen molar-refractivity contribution in [3.63, 3.8) is 0 Å². The molecule has 0 atom stereocenters. The lowest BCUT2D eigenvalue weighted by Crippen LogP contribution is -2.17. The van der Waals surface area contributed by atoms with Gasteiger partial charge in [-0.1, -0.05) is 15.9 Å². The van der Waals surface area contributed by atoms with Crippen LogP contribution in [0.3, 0.4) is 0 Å². The molecule has 0 aliphatic rings. The van der Waals surface area contributed by atoms with Crippen molar-refractivity contribution in [3.8, 4) is 11.5 Å². The van der Waals surface area contributed by atoms with Crippen LogP contribution in [0.15, 0.2) is 50.4 Å². The Bertz CT molecular complexity index is 731. The van der Waals surface area contributed by atoms with E-state index in [1.165, 1.54) is 6.21 Å². The summed E-state index contributed by atoms with van der Waals surface area (Å²) in [4.78, 5) is 12.0. The lowest BCUT2D eigenvalue weighted by atomic mass is 10.2. The number of nitrogens with one attached hydrogen (secondary N) is 1. The summed E-state index contributed by atoms with van der Waals surface area (Å²) in [6.07, 6.45) is 1.51. The summed E-state index contributed by atoms with van der Waals surface area (Å²) in [5.74, 6) is 0.949. The maximum atomic E-state index is 12.0. The van der Waals surface area contributed by atoms with Gasteiger partial charge < -0.3 is 9.47 Å². The topological polar surface area (TPSA) is 59.9 Å². The molecule has 0 bridgehead atoms. The predicted octanol–water partition coefficient (Wildman–Crippen LogP) is 3.99. The van der Waals surface area contributed by atoms with Crippen molar-refractivity contribution in [2.75, 3.05) is 14.2 Å². The number of carbonyl (C=O) groups excluding carboxylic acids is 1. The van der Waals surface area contributed by atoms with Crippen molar-refractivity contribution in [1.82, 2.24) is 5.43 Å². The highest BCUT2D eigenvalue weighted by molar-refractivity contribution is 9.10. The van der Waals surface area contributed by atoms with Gasteiger partial charge in [0, 0.05) is 21.7 Å². The maximum absolute atomic E-state index is 12.0. The van der Waals surface area contributed by atoms with Gasteiger partial charge in [0.25, 0.3) is 5.91 Å². The van der Waals surface area contributed by atoms with E-state index in [4.69, 9.17) is 9.47 Å². The Kier molecular flexibility index (Phi) is 6.18. The molecule has 1 N–H and O–H groups in total. The number of rotatable bonds is 5. The van der Waals surface area contributed by atoms with Gasteiger partial charge in [0.05, 0.1) is 24.9 Å². The third kappa shape index (κ3) is 4.56. The first-order valence-electron chi connectivity index (χ1n) is 6.55. The fourth-order valence-electron chi connectivity index (χ4n) is 1.81. The minimum atomic E-state index is -0.291. The van der Waals surface area contributed by atoms with E-state index in [-0.39, 0.29) is 5.91 Å². The van der Waals surface area contributed by atoms with Crippen LogP contribution in [0.5, 0.6) is 11.5 Å². The zero-order valence-electron chi connectivity index (χ0n) is 12.5. The second kappa shape index (κ2) is 8.12. The molecule has 0 saturated carbocycles. The summed E-state index contributed by atoms with van der Waals surface area (Å²) in [6, 6.07) is 10.5. The van der Waals surface area contributed by atoms with E-state index in [0.29, 0.717) is 22.6 Å². The number of hydrazone groups is 1. The molecule has 7 heteroatoms. The van der Waals surface area contributed by atoms with E-state index >= 15 is 0 Å². The van der Waals surface area contributed by atoms with Crippen LogP contribution in [-0.4, -0.2) is 26.3 Å².